The molecule has 9 unspecified atom stereocenters. The molecule has 0 bridgehead atoms. The first-order valence-corrected chi connectivity index (χ1v) is 13.5. The fraction of sp³-hybridized carbons (Fsp3) is 0.931. The van der Waals surface area contributed by atoms with Gasteiger partial charge in [-0.2, -0.15) is 0 Å². The lowest BCUT2D eigenvalue weighted by Crippen LogP contribution is -2.51. The topological polar surface area (TPSA) is 20.2 Å². The van der Waals surface area contributed by atoms with Crippen molar-refractivity contribution in [1.82, 2.24) is 0 Å². The Balaban J connectivity index is 1.46. The van der Waals surface area contributed by atoms with E-state index in [2.05, 4.69) is 47.6 Å². The van der Waals surface area contributed by atoms with Crippen LogP contribution in [0.5, 0.6) is 0 Å². The number of aliphatic hydroxyl groups excluding tert-OH is 1. The summed E-state index contributed by atoms with van der Waals surface area (Å²) in [5.41, 5.74) is 2.78. The Morgan fingerprint density at radius 1 is 0.900 bits per heavy atom. The van der Waals surface area contributed by atoms with Gasteiger partial charge in [0.05, 0.1) is 0 Å². The molecular formula is C29H50O. The monoisotopic (exact) mass is 414 g/mol. The first-order chi connectivity index (χ1) is 14.3. The van der Waals surface area contributed by atoms with E-state index in [-0.39, 0.29) is 0 Å². The van der Waals surface area contributed by atoms with Crippen LogP contribution in [0.2, 0.25) is 0 Å². The maximum absolute atomic E-state index is 9.94. The third-order valence-corrected chi connectivity index (χ3v) is 11.6. The van der Waals surface area contributed by atoms with Gasteiger partial charge < -0.3 is 5.11 Å². The molecule has 0 radical (unpaired) electrons. The van der Waals surface area contributed by atoms with Gasteiger partial charge in [-0.1, -0.05) is 46.3 Å². The second-order valence-corrected chi connectivity index (χ2v) is 12.8. The van der Waals surface area contributed by atoms with E-state index >= 15 is 0 Å². The first kappa shape index (κ1) is 22.9. The third kappa shape index (κ3) is 3.54. The van der Waals surface area contributed by atoms with Gasteiger partial charge in [-0.25, -0.2) is 0 Å². The predicted molar refractivity (Wildman–Crippen MR) is 128 cm³/mol. The molecule has 0 heterocycles. The van der Waals surface area contributed by atoms with Gasteiger partial charge in [0.25, 0.3) is 0 Å². The van der Waals surface area contributed by atoms with Crippen LogP contribution in [0.1, 0.15) is 106 Å². The number of rotatable bonds is 6. The smallest absolute Gasteiger partial charge is 0.0462 e. The van der Waals surface area contributed by atoms with Crippen LogP contribution in [0, 0.1) is 58.2 Å². The molecule has 1 heteroatoms. The van der Waals surface area contributed by atoms with E-state index in [1.165, 1.54) is 64.2 Å². The number of hydrogen-bond acceptors (Lipinski definition) is 1. The Bertz CT molecular complexity index is 634. The molecule has 172 valence electrons. The molecule has 1 N–H and O–H groups in total. The highest BCUT2D eigenvalue weighted by atomic mass is 16.3. The van der Waals surface area contributed by atoms with Gasteiger partial charge in [-0.3, -0.25) is 0 Å². The van der Waals surface area contributed by atoms with Crippen LogP contribution in [0.15, 0.2) is 11.6 Å². The number of hydrogen-bond donors (Lipinski definition) is 1. The van der Waals surface area contributed by atoms with Crippen molar-refractivity contribution in [2.75, 3.05) is 6.61 Å². The molecule has 4 rings (SSSR count). The summed E-state index contributed by atoms with van der Waals surface area (Å²) in [6.07, 6.45) is 16.5. The molecule has 0 aromatic carbocycles. The average Bonchev–Trinajstić information content (AvgIpc) is 3.24. The van der Waals surface area contributed by atoms with E-state index in [0.29, 0.717) is 29.3 Å². The minimum Gasteiger partial charge on any atom is -0.396 e. The van der Waals surface area contributed by atoms with Gasteiger partial charge in [-0.05, 0) is 129 Å². The zero-order valence-corrected chi connectivity index (χ0v) is 20.9. The van der Waals surface area contributed by atoms with Crippen LogP contribution < -0.4 is 0 Å². The van der Waals surface area contributed by atoms with Gasteiger partial charge in [-0.15, -0.1) is 0 Å². The van der Waals surface area contributed by atoms with Gasteiger partial charge in [0.2, 0.25) is 0 Å². The summed E-state index contributed by atoms with van der Waals surface area (Å²) in [5.74, 6) is 6.80. The number of allylic oxidation sites excluding steroid dienone is 2. The molecule has 0 spiro atoms. The summed E-state index contributed by atoms with van der Waals surface area (Å²) in [6.45, 7) is 15.3. The molecule has 0 amide bonds. The van der Waals surface area contributed by atoms with Crippen LogP contribution in [0.25, 0.3) is 0 Å². The number of aliphatic hydroxyl groups is 1. The van der Waals surface area contributed by atoms with Crippen LogP contribution >= 0.6 is 0 Å². The maximum atomic E-state index is 9.94. The molecule has 4 fully saturated rings. The molecule has 4 aliphatic rings. The van der Waals surface area contributed by atoms with E-state index in [4.69, 9.17) is 0 Å². The van der Waals surface area contributed by atoms with E-state index in [9.17, 15) is 5.11 Å². The lowest BCUT2D eigenvalue weighted by Gasteiger charge is -2.58. The molecule has 30 heavy (non-hydrogen) atoms. The minimum atomic E-state index is 0.433. The fourth-order valence-electron chi connectivity index (χ4n) is 9.88. The van der Waals surface area contributed by atoms with Crippen molar-refractivity contribution < 1.29 is 5.11 Å². The Morgan fingerprint density at radius 2 is 1.57 bits per heavy atom. The van der Waals surface area contributed by atoms with Crippen LogP contribution in [0.4, 0.5) is 0 Å². The van der Waals surface area contributed by atoms with Crippen LogP contribution in [0.3, 0.4) is 0 Å². The molecule has 4 saturated carbocycles. The lowest BCUT2D eigenvalue weighted by molar-refractivity contribution is -0.0975. The van der Waals surface area contributed by atoms with Crippen molar-refractivity contribution in [2.24, 2.45) is 58.2 Å². The second-order valence-electron chi connectivity index (χ2n) is 12.8. The number of fused-ring (bicyclic) bond motifs is 5. The fourth-order valence-corrected chi connectivity index (χ4v) is 9.88. The third-order valence-electron chi connectivity index (χ3n) is 11.6. The molecule has 0 aromatic rings. The summed E-state index contributed by atoms with van der Waals surface area (Å²) in [5, 5.41) is 9.94. The normalized spacial score (nSPS) is 47.1. The van der Waals surface area contributed by atoms with Gasteiger partial charge in [0.15, 0.2) is 0 Å². The quantitative estimate of drug-likeness (QED) is 0.438. The van der Waals surface area contributed by atoms with Gasteiger partial charge in [0.1, 0.15) is 0 Å². The molecule has 0 saturated heterocycles. The Morgan fingerprint density at radius 3 is 2.23 bits per heavy atom. The highest BCUT2D eigenvalue weighted by molar-refractivity contribution is 5.11. The zero-order chi connectivity index (χ0) is 21.7. The van der Waals surface area contributed by atoms with E-state index in [0.717, 1.165) is 35.5 Å². The molecule has 9 atom stereocenters. The molecular weight excluding hydrogens is 364 g/mol. The highest BCUT2D eigenvalue weighted by Crippen LogP contribution is 2.69. The van der Waals surface area contributed by atoms with Gasteiger partial charge >= 0.3 is 0 Å². The minimum absolute atomic E-state index is 0.433. The summed E-state index contributed by atoms with van der Waals surface area (Å²) in [4.78, 5) is 0. The summed E-state index contributed by atoms with van der Waals surface area (Å²) < 4.78 is 0. The summed E-state index contributed by atoms with van der Waals surface area (Å²) in [6, 6.07) is 0. The Hall–Kier alpha value is -0.300. The van der Waals surface area contributed by atoms with Crippen LogP contribution in [-0.4, -0.2) is 11.7 Å². The van der Waals surface area contributed by atoms with E-state index in [1.54, 1.807) is 5.57 Å². The molecule has 1 nitrogen and oxygen atoms in total. The van der Waals surface area contributed by atoms with Crippen molar-refractivity contribution in [3.8, 4) is 0 Å². The average molecular weight is 415 g/mol. The Kier molecular flexibility index (Phi) is 6.53. The summed E-state index contributed by atoms with van der Waals surface area (Å²) >= 11 is 0. The molecule has 0 aromatic heterocycles. The lowest BCUT2D eigenvalue weighted by atomic mass is 9.46. The SMILES string of the molecule is CC=C(CCC(C)C1CCC2C3CCC4C(CO)CCC4(C)C3CCC12C)C(C)C. The predicted octanol–water partition coefficient (Wildman–Crippen LogP) is 7.88. The zero-order valence-electron chi connectivity index (χ0n) is 20.9. The van der Waals surface area contributed by atoms with Crippen LogP contribution in [-0.2, 0) is 0 Å². The summed E-state index contributed by atoms with van der Waals surface area (Å²) in [7, 11) is 0. The maximum Gasteiger partial charge on any atom is 0.0462 e. The highest BCUT2D eigenvalue weighted by Gasteiger charge is 2.61. The molecule has 0 aliphatic heterocycles. The van der Waals surface area contributed by atoms with E-state index in [1.807, 2.05) is 0 Å². The van der Waals surface area contributed by atoms with Gasteiger partial charge in [0, 0.05) is 6.61 Å². The molecule has 4 aliphatic carbocycles. The van der Waals surface area contributed by atoms with Crippen molar-refractivity contribution in [2.45, 2.75) is 106 Å². The van der Waals surface area contributed by atoms with Crippen molar-refractivity contribution in [3.05, 3.63) is 11.6 Å². The van der Waals surface area contributed by atoms with Crippen molar-refractivity contribution in [1.29, 1.82) is 0 Å². The standard InChI is InChI=1S/C29H50O/c1-7-21(19(2)3)9-8-20(4)24-12-13-26-23-10-11-25-22(18-30)14-16-29(25,6)27(23)15-17-28(24,26)5/h7,19-20,22-27,30H,8-18H2,1-6H3. The van der Waals surface area contributed by atoms with E-state index < -0.39 is 0 Å². The Labute approximate surface area is 187 Å². The van der Waals surface area contributed by atoms with Crippen molar-refractivity contribution in [3.63, 3.8) is 0 Å². The van der Waals surface area contributed by atoms with Crippen molar-refractivity contribution >= 4 is 0 Å². The largest absolute Gasteiger partial charge is 0.396 e. The second kappa shape index (κ2) is 8.57. The first-order valence-electron chi connectivity index (χ1n) is 13.5.